The minimum atomic E-state index is -0.404. The van der Waals surface area contributed by atoms with Gasteiger partial charge in [0.15, 0.2) is 0 Å². The number of unbranched alkanes of at least 4 members (excludes halogenated alkanes) is 1. The van der Waals surface area contributed by atoms with Crippen LogP contribution in [0.3, 0.4) is 0 Å². The molecule has 142 valence electrons. The molecule has 7 heteroatoms. The van der Waals surface area contributed by atoms with Crippen molar-refractivity contribution in [2.24, 2.45) is 4.99 Å². The van der Waals surface area contributed by atoms with Gasteiger partial charge in [0, 0.05) is 22.3 Å². The number of methoxy groups -OCH3 is 1. The first kappa shape index (κ1) is 20.6. The van der Waals surface area contributed by atoms with E-state index in [1.165, 1.54) is 18.6 Å². The minimum absolute atomic E-state index is 0.121. The zero-order valence-corrected chi connectivity index (χ0v) is 17.1. The SMILES string of the molecule is COc1ccc(Cl)cc1C(=O)/N=c1\sn(C(C)(C)C)cc1CCCCF. The van der Waals surface area contributed by atoms with E-state index in [-0.39, 0.29) is 12.2 Å². The van der Waals surface area contributed by atoms with E-state index in [2.05, 4.69) is 29.7 Å². The van der Waals surface area contributed by atoms with E-state index in [1.54, 1.807) is 18.2 Å². The molecule has 0 aliphatic rings. The van der Waals surface area contributed by atoms with Gasteiger partial charge in [-0.25, -0.2) is 0 Å². The summed E-state index contributed by atoms with van der Waals surface area (Å²) in [7, 11) is 1.50. The van der Waals surface area contributed by atoms with E-state index in [0.29, 0.717) is 40.3 Å². The van der Waals surface area contributed by atoms with Crippen LogP contribution < -0.4 is 9.41 Å². The lowest BCUT2D eigenvalue weighted by Crippen LogP contribution is -2.18. The number of hydrogen-bond donors (Lipinski definition) is 0. The number of amides is 1. The molecular weight excluding hydrogens is 375 g/mol. The van der Waals surface area contributed by atoms with Crippen LogP contribution in [-0.2, 0) is 12.0 Å². The fourth-order valence-corrected chi connectivity index (χ4v) is 3.59. The monoisotopic (exact) mass is 398 g/mol. The number of hydrogen-bond acceptors (Lipinski definition) is 3. The Bertz CT molecular complexity index is 837. The maximum Gasteiger partial charge on any atom is 0.282 e. The van der Waals surface area contributed by atoms with E-state index in [9.17, 15) is 9.18 Å². The average Bonchev–Trinajstić information content (AvgIpc) is 2.98. The predicted molar refractivity (Wildman–Crippen MR) is 104 cm³/mol. The highest BCUT2D eigenvalue weighted by Crippen LogP contribution is 2.24. The molecule has 0 spiro atoms. The molecule has 0 saturated heterocycles. The Morgan fingerprint density at radius 1 is 1.35 bits per heavy atom. The van der Waals surface area contributed by atoms with Crippen molar-refractivity contribution in [1.82, 2.24) is 3.96 Å². The molecule has 26 heavy (non-hydrogen) atoms. The number of nitrogens with zero attached hydrogens (tertiary/aromatic N) is 2. The van der Waals surface area contributed by atoms with Crippen molar-refractivity contribution in [2.75, 3.05) is 13.8 Å². The van der Waals surface area contributed by atoms with Crippen LogP contribution in [0.5, 0.6) is 5.75 Å². The Morgan fingerprint density at radius 3 is 2.69 bits per heavy atom. The van der Waals surface area contributed by atoms with Gasteiger partial charge in [0.2, 0.25) is 0 Å². The van der Waals surface area contributed by atoms with Crippen LogP contribution in [0.25, 0.3) is 0 Å². The third-order valence-corrected chi connectivity index (χ3v) is 5.43. The lowest BCUT2D eigenvalue weighted by atomic mass is 10.1. The van der Waals surface area contributed by atoms with Crippen LogP contribution in [0, 0.1) is 0 Å². The summed E-state index contributed by atoms with van der Waals surface area (Å²) >= 11 is 7.44. The van der Waals surface area contributed by atoms with Gasteiger partial charge in [-0.3, -0.25) is 13.1 Å². The van der Waals surface area contributed by atoms with E-state index >= 15 is 0 Å². The molecule has 0 saturated carbocycles. The van der Waals surface area contributed by atoms with E-state index < -0.39 is 5.91 Å². The molecule has 0 bridgehead atoms. The molecule has 1 aromatic heterocycles. The second-order valence-corrected chi connectivity index (χ2v) is 8.35. The molecule has 2 rings (SSSR count). The molecule has 0 fully saturated rings. The summed E-state index contributed by atoms with van der Waals surface area (Å²) in [6, 6.07) is 4.87. The quantitative estimate of drug-likeness (QED) is 0.642. The molecule has 1 aromatic carbocycles. The summed E-state index contributed by atoms with van der Waals surface area (Å²) in [5, 5.41) is 0.448. The highest BCUT2D eigenvalue weighted by atomic mass is 35.5. The van der Waals surface area contributed by atoms with Crippen LogP contribution in [0.1, 0.15) is 49.5 Å². The lowest BCUT2D eigenvalue weighted by Gasteiger charge is -2.19. The summed E-state index contributed by atoms with van der Waals surface area (Å²) in [6.45, 7) is 5.91. The van der Waals surface area contributed by atoms with Crippen LogP contribution in [-0.4, -0.2) is 23.6 Å². The van der Waals surface area contributed by atoms with Crippen LogP contribution in [0.15, 0.2) is 29.4 Å². The molecule has 2 aromatic rings. The zero-order chi connectivity index (χ0) is 19.3. The molecule has 1 amide bonds. The van der Waals surface area contributed by atoms with Gasteiger partial charge in [-0.15, -0.1) is 0 Å². The Hall–Kier alpha value is -1.66. The maximum atomic E-state index is 12.7. The molecule has 0 aliphatic heterocycles. The number of rotatable bonds is 6. The number of aromatic nitrogens is 1. The smallest absolute Gasteiger partial charge is 0.282 e. The van der Waals surface area contributed by atoms with Crippen molar-refractivity contribution in [1.29, 1.82) is 0 Å². The van der Waals surface area contributed by atoms with Gasteiger partial charge >= 0.3 is 0 Å². The Balaban J connectivity index is 2.46. The molecule has 0 aliphatic carbocycles. The average molecular weight is 399 g/mol. The largest absolute Gasteiger partial charge is 0.496 e. The fraction of sp³-hybridized carbons (Fsp3) is 0.474. The van der Waals surface area contributed by atoms with E-state index in [0.717, 1.165) is 5.56 Å². The van der Waals surface area contributed by atoms with Gasteiger partial charge in [0.05, 0.1) is 19.3 Å². The Labute approximate surface area is 162 Å². The molecule has 0 unspecified atom stereocenters. The van der Waals surface area contributed by atoms with Crippen LogP contribution in [0.4, 0.5) is 4.39 Å². The van der Waals surface area contributed by atoms with Crippen molar-refractivity contribution in [3.8, 4) is 5.75 Å². The number of carbonyl (C=O) groups is 1. The first-order valence-electron chi connectivity index (χ1n) is 8.47. The van der Waals surface area contributed by atoms with E-state index in [1.807, 2.05) is 6.20 Å². The summed E-state index contributed by atoms with van der Waals surface area (Å²) < 4.78 is 20.4. The summed E-state index contributed by atoms with van der Waals surface area (Å²) in [5.74, 6) is 0.0291. The van der Waals surface area contributed by atoms with Crippen LogP contribution >= 0.6 is 23.1 Å². The van der Waals surface area contributed by atoms with Gasteiger partial charge in [-0.1, -0.05) is 11.6 Å². The Kier molecular flexibility index (Phi) is 7.01. The fourth-order valence-electron chi connectivity index (χ4n) is 2.38. The van der Waals surface area contributed by atoms with Crippen molar-refractivity contribution in [3.63, 3.8) is 0 Å². The third kappa shape index (κ3) is 5.17. The second-order valence-electron chi connectivity index (χ2n) is 6.96. The topological polar surface area (TPSA) is 43.6 Å². The summed E-state index contributed by atoms with van der Waals surface area (Å²) in [4.78, 5) is 17.0. The molecule has 0 radical (unpaired) electrons. The number of ether oxygens (including phenoxy) is 1. The first-order chi connectivity index (χ1) is 12.3. The van der Waals surface area contributed by atoms with Crippen molar-refractivity contribution >= 4 is 29.0 Å². The molecular formula is C19H24ClFN2O2S. The first-order valence-corrected chi connectivity index (χ1v) is 9.62. The van der Waals surface area contributed by atoms with Gasteiger partial charge in [0.25, 0.3) is 5.91 Å². The van der Waals surface area contributed by atoms with Gasteiger partial charge < -0.3 is 4.74 Å². The normalized spacial score (nSPS) is 12.5. The highest BCUT2D eigenvalue weighted by Gasteiger charge is 2.17. The molecule has 4 nitrogen and oxygen atoms in total. The van der Waals surface area contributed by atoms with Crippen molar-refractivity contribution in [3.05, 3.63) is 45.2 Å². The second kappa shape index (κ2) is 8.82. The van der Waals surface area contributed by atoms with Gasteiger partial charge in [-0.05, 0) is 69.8 Å². The number of halogens is 2. The van der Waals surface area contributed by atoms with E-state index in [4.69, 9.17) is 16.3 Å². The number of carbonyl (C=O) groups excluding carboxylic acids is 1. The third-order valence-electron chi connectivity index (χ3n) is 3.82. The summed E-state index contributed by atoms with van der Waals surface area (Å²) in [6.07, 6.45) is 3.90. The number of benzene rings is 1. The Morgan fingerprint density at radius 2 is 2.08 bits per heavy atom. The standard InChI is InChI=1S/C19H24ClFN2O2S/c1-19(2,3)23-12-13(7-5-6-10-21)18(26-23)22-17(24)15-11-14(20)8-9-16(15)25-4/h8-9,11-12H,5-7,10H2,1-4H3/b22-18-. The number of aryl methyl sites for hydroxylation is 1. The molecule has 1 heterocycles. The van der Waals surface area contributed by atoms with Gasteiger partial charge in [0.1, 0.15) is 10.4 Å². The van der Waals surface area contributed by atoms with Crippen molar-refractivity contribution < 1.29 is 13.9 Å². The molecule has 0 N–H and O–H groups in total. The summed E-state index contributed by atoms with van der Waals surface area (Å²) in [5.41, 5.74) is 1.16. The molecule has 0 atom stereocenters. The van der Waals surface area contributed by atoms with Crippen molar-refractivity contribution in [2.45, 2.75) is 45.6 Å². The number of alkyl halides is 1. The zero-order valence-electron chi connectivity index (χ0n) is 15.5. The van der Waals surface area contributed by atoms with Crippen LogP contribution in [0.2, 0.25) is 5.02 Å². The minimum Gasteiger partial charge on any atom is -0.496 e. The maximum absolute atomic E-state index is 12.7. The van der Waals surface area contributed by atoms with Gasteiger partial charge in [-0.2, -0.15) is 4.99 Å². The predicted octanol–water partition coefficient (Wildman–Crippen LogP) is 5.00. The highest BCUT2D eigenvalue weighted by molar-refractivity contribution is 7.04. The lowest BCUT2D eigenvalue weighted by molar-refractivity contribution is 0.0996.